The normalized spacial score (nSPS) is 17.5. The molecular formula is C25H25BN2O2. The lowest BCUT2D eigenvalue weighted by molar-refractivity contribution is 0.00578. The third-order valence-corrected chi connectivity index (χ3v) is 6.38. The van der Waals surface area contributed by atoms with Crippen LogP contribution in [0.4, 0.5) is 0 Å². The van der Waals surface area contributed by atoms with Crippen LogP contribution >= 0.6 is 0 Å². The van der Waals surface area contributed by atoms with E-state index in [4.69, 9.17) is 9.31 Å². The molecule has 2 aromatic carbocycles. The molecule has 0 bridgehead atoms. The third-order valence-electron chi connectivity index (χ3n) is 6.38. The summed E-state index contributed by atoms with van der Waals surface area (Å²) in [5.41, 5.74) is 4.91. The van der Waals surface area contributed by atoms with Gasteiger partial charge in [0.1, 0.15) is 0 Å². The van der Waals surface area contributed by atoms with Gasteiger partial charge < -0.3 is 13.9 Å². The van der Waals surface area contributed by atoms with E-state index in [0.717, 1.165) is 16.7 Å². The van der Waals surface area contributed by atoms with Gasteiger partial charge in [-0.15, -0.1) is 0 Å². The topological polar surface area (TPSA) is 36.3 Å². The summed E-state index contributed by atoms with van der Waals surface area (Å²) in [4.78, 5) is 4.15. The monoisotopic (exact) mass is 396 g/mol. The highest BCUT2D eigenvalue weighted by atomic mass is 16.7. The zero-order chi connectivity index (χ0) is 20.9. The molecule has 0 saturated carbocycles. The number of fused-ring (bicyclic) bond motifs is 1. The standard InChI is InChI=1S/C25H25BN2O2/c1-24(2)25(3,4)30-26(29-24)19-9-7-8-18(16-19)22-17-28(20-12-14-27-15-13-20)23-11-6-5-10-21(22)23/h5-17H,1-4H3. The van der Waals surface area contributed by atoms with Crippen LogP contribution in [-0.2, 0) is 9.31 Å². The van der Waals surface area contributed by atoms with Crippen LogP contribution in [0.5, 0.6) is 0 Å². The lowest BCUT2D eigenvalue weighted by atomic mass is 9.78. The highest BCUT2D eigenvalue weighted by Crippen LogP contribution is 2.37. The molecule has 0 aliphatic carbocycles. The predicted molar refractivity (Wildman–Crippen MR) is 122 cm³/mol. The Bertz CT molecular complexity index is 1200. The summed E-state index contributed by atoms with van der Waals surface area (Å²) in [7, 11) is -0.372. The summed E-state index contributed by atoms with van der Waals surface area (Å²) < 4.78 is 14.8. The van der Waals surface area contributed by atoms with Gasteiger partial charge in [-0.05, 0) is 56.9 Å². The summed E-state index contributed by atoms with van der Waals surface area (Å²) in [6.45, 7) is 8.33. The van der Waals surface area contributed by atoms with Crippen LogP contribution in [0.2, 0.25) is 0 Å². The van der Waals surface area contributed by atoms with Crippen LogP contribution in [0.15, 0.2) is 79.3 Å². The molecule has 0 spiro atoms. The molecule has 0 unspecified atom stereocenters. The largest absolute Gasteiger partial charge is 0.494 e. The van der Waals surface area contributed by atoms with Gasteiger partial charge >= 0.3 is 7.12 Å². The maximum Gasteiger partial charge on any atom is 0.494 e. The van der Waals surface area contributed by atoms with E-state index in [1.807, 2.05) is 24.5 Å². The van der Waals surface area contributed by atoms with Crippen molar-refractivity contribution >= 4 is 23.5 Å². The van der Waals surface area contributed by atoms with Crippen LogP contribution in [0.25, 0.3) is 27.7 Å². The van der Waals surface area contributed by atoms with Gasteiger partial charge in [0.15, 0.2) is 0 Å². The molecule has 150 valence electrons. The Kier molecular flexibility index (Phi) is 4.35. The van der Waals surface area contributed by atoms with E-state index in [1.165, 1.54) is 16.5 Å². The average molecular weight is 396 g/mol. The van der Waals surface area contributed by atoms with Crippen molar-refractivity contribution in [3.63, 3.8) is 0 Å². The lowest BCUT2D eigenvalue weighted by Gasteiger charge is -2.32. The Morgan fingerprint density at radius 2 is 1.53 bits per heavy atom. The molecule has 0 radical (unpaired) electrons. The van der Waals surface area contributed by atoms with E-state index >= 15 is 0 Å². The number of hydrogen-bond donors (Lipinski definition) is 0. The molecule has 0 amide bonds. The van der Waals surface area contributed by atoms with Gasteiger partial charge in [0.05, 0.1) is 16.7 Å². The first kappa shape index (κ1) is 19.1. The molecule has 0 atom stereocenters. The maximum absolute atomic E-state index is 6.27. The number of aromatic nitrogens is 2. The number of benzene rings is 2. The fraction of sp³-hybridized carbons (Fsp3) is 0.240. The molecule has 30 heavy (non-hydrogen) atoms. The van der Waals surface area contributed by atoms with Crippen molar-refractivity contribution in [1.29, 1.82) is 0 Å². The minimum absolute atomic E-state index is 0.356. The van der Waals surface area contributed by atoms with E-state index in [2.05, 4.69) is 92.0 Å². The molecule has 1 aliphatic rings. The van der Waals surface area contributed by atoms with Crippen molar-refractivity contribution in [2.24, 2.45) is 0 Å². The maximum atomic E-state index is 6.27. The van der Waals surface area contributed by atoms with Crippen molar-refractivity contribution in [2.45, 2.75) is 38.9 Å². The van der Waals surface area contributed by atoms with E-state index < -0.39 is 0 Å². The average Bonchev–Trinajstić information content (AvgIpc) is 3.23. The van der Waals surface area contributed by atoms with Crippen LogP contribution in [0.1, 0.15) is 27.7 Å². The van der Waals surface area contributed by atoms with Gasteiger partial charge in [-0.1, -0.05) is 42.5 Å². The third kappa shape index (κ3) is 3.06. The second-order valence-corrected chi connectivity index (χ2v) is 8.85. The SMILES string of the molecule is CC1(C)OB(c2cccc(-c3cn(-c4ccncc4)c4ccccc34)c2)OC1(C)C. The predicted octanol–water partition coefficient (Wildman–Crippen LogP) is 4.99. The summed E-state index contributed by atoms with van der Waals surface area (Å²) in [6.07, 6.45) is 5.84. The van der Waals surface area contributed by atoms with Crippen molar-refractivity contribution in [3.05, 3.63) is 79.3 Å². The molecule has 4 nitrogen and oxygen atoms in total. The Balaban J connectivity index is 1.60. The van der Waals surface area contributed by atoms with Gasteiger partial charge in [-0.25, -0.2) is 0 Å². The molecule has 1 fully saturated rings. The number of para-hydroxylation sites is 1. The van der Waals surface area contributed by atoms with Crippen molar-refractivity contribution < 1.29 is 9.31 Å². The van der Waals surface area contributed by atoms with Crippen LogP contribution in [0.3, 0.4) is 0 Å². The molecule has 0 N–H and O–H groups in total. The first-order valence-electron chi connectivity index (χ1n) is 10.3. The lowest BCUT2D eigenvalue weighted by Crippen LogP contribution is -2.41. The van der Waals surface area contributed by atoms with E-state index in [-0.39, 0.29) is 18.3 Å². The molecule has 2 aromatic heterocycles. The number of pyridine rings is 1. The number of hydrogen-bond acceptors (Lipinski definition) is 3. The van der Waals surface area contributed by atoms with Gasteiger partial charge in [-0.3, -0.25) is 4.98 Å². The van der Waals surface area contributed by atoms with Crippen LogP contribution < -0.4 is 5.46 Å². The minimum atomic E-state index is -0.372. The smallest absolute Gasteiger partial charge is 0.399 e. The van der Waals surface area contributed by atoms with Gasteiger partial charge in [0.25, 0.3) is 0 Å². The molecule has 4 aromatic rings. The summed E-state index contributed by atoms with van der Waals surface area (Å²) in [6, 6.07) is 21.0. The van der Waals surface area contributed by atoms with E-state index in [0.29, 0.717) is 0 Å². The highest BCUT2D eigenvalue weighted by Gasteiger charge is 2.51. The molecular weight excluding hydrogens is 371 g/mol. The molecule has 3 heterocycles. The summed E-state index contributed by atoms with van der Waals surface area (Å²) >= 11 is 0. The van der Waals surface area contributed by atoms with Crippen LogP contribution in [-0.4, -0.2) is 27.9 Å². The van der Waals surface area contributed by atoms with Crippen molar-refractivity contribution in [3.8, 4) is 16.8 Å². The van der Waals surface area contributed by atoms with Crippen molar-refractivity contribution in [2.75, 3.05) is 0 Å². The van der Waals surface area contributed by atoms with E-state index in [9.17, 15) is 0 Å². The second kappa shape index (κ2) is 6.83. The first-order chi connectivity index (χ1) is 14.4. The van der Waals surface area contributed by atoms with Crippen molar-refractivity contribution in [1.82, 2.24) is 9.55 Å². The van der Waals surface area contributed by atoms with Crippen LogP contribution in [0, 0.1) is 0 Å². The fourth-order valence-corrected chi connectivity index (χ4v) is 3.96. The quantitative estimate of drug-likeness (QED) is 0.458. The zero-order valence-corrected chi connectivity index (χ0v) is 17.8. The Labute approximate surface area is 177 Å². The summed E-state index contributed by atoms with van der Waals surface area (Å²) in [5, 5.41) is 1.21. The zero-order valence-electron chi connectivity index (χ0n) is 17.8. The molecule has 5 rings (SSSR count). The summed E-state index contributed by atoms with van der Waals surface area (Å²) in [5.74, 6) is 0. The fourth-order valence-electron chi connectivity index (χ4n) is 3.96. The Morgan fingerprint density at radius 3 is 2.27 bits per heavy atom. The Hall–Kier alpha value is -2.89. The van der Waals surface area contributed by atoms with E-state index in [1.54, 1.807) is 0 Å². The molecule has 5 heteroatoms. The number of rotatable bonds is 3. The van der Waals surface area contributed by atoms with Gasteiger partial charge in [0, 0.05) is 35.2 Å². The molecule has 1 saturated heterocycles. The molecule has 1 aliphatic heterocycles. The Morgan fingerprint density at radius 1 is 0.833 bits per heavy atom. The highest BCUT2D eigenvalue weighted by molar-refractivity contribution is 6.62. The first-order valence-corrected chi connectivity index (χ1v) is 10.3. The van der Waals surface area contributed by atoms with Gasteiger partial charge in [0.2, 0.25) is 0 Å². The van der Waals surface area contributed by atoms with Gasteiger partial charge in [-0.2, -0.15) is 0 Å². The number of nitrogens with zero attached hydrogens (tertiary/aromatic N) is 2. The second-order valence-electron chi connectivity index (χ2n) is 8.85. The minimum Gasteiger partial charge on any atom is -0.399 e.